The molecular weight excluding hydrogens is 693 g/mol. The third kappa shape index (κ3) is 12.2. The summed E-state index contributed by atoms with van der Waals surface area (Å²) < 4.78 is 1.29. The van der Waals surface area contributed by atoms with E-state index in [0.29, 0.717) is 0 Å². The molecule has 0 heterocycles. The first-order chi connectivity index (χ1) is 14.7. The number of hydrogen-bond acceptors (Lipinski definition) is 0. The van der Waals surface area contributed by atoms with E-state index < -0.39 is 7.26 Å². The van der Waals surface area contributed by atoms with Crippen LogP contribution in [0.2, 0.25) is 0 Å². The first-order valence-corrected chi connectivity index (χ1v) is 15.2. The average Bonchev–Trinajstić information content (AvgIpc) is 2.84. The van der Waals surface area contributed by atoms with Crippen LogP contribution in [0.5, 0.6) is 0 Å². The molecule has 0 aliphatic carbocycles. The second kappa shape index (κ2) is 24.5. The molecule has 0 fully saturated rings. The van der Waals surface area contributed by atoms with E-state index in [1.54, 1.807) is 6.92 Å². The Labute approximate surface area is 243 Å². The van der Waals surface area contributed by atoms with Crippen LogP contribution in [0.4, 0.5) is 0 Å². The van der Waals surface area contributed by atoms with Gasteiger partial charge in [-0.1, -0.05) is 107 Å². The molecule has 0 saturated carbocycles. The third-order valence-electron chi connectivity index (χ3n) is 4.25. The zero-order valence-corrected chi connectivity index (χ0v) is 27.5. The van der Waals surface area contributed by atoms with Gasteiger partial charge in [0.05, 0.1) is 6.16 Å². The van der Waals surface area contributed by atoms with Gasteiger partial charge in [0.25, 0.3) is 0 Å². The van der Waals surface area contributed by atoms with Crippen LogP contribution in [-0.2, 0) is 18.6 Å². The number of hydrogen-bond donors (Lipinski definition) is 0. The maximum atomic E-state index is 3.25. The van der Waals surface area contributed by atoms with Gasteiger partial charge in [-0.15, -0.1) is 17.0 Å². The minimum Gasteiger partial charge on any atom is -0.346 e. The summed E-state index contributed by atoms with van der Waals surface area (Å²) >= 11 is 5.50. The van der Waals surface area contributed by atoms with Crippen molar-refractivity contribution in [2.45, 2.75) is 34.1 Å². The third-order valence-corrected chi connectivity index (χ3v) is 9.82. The molecular formula is C27H38Br2IPV. The van der Waals surface area contributed by atoms with E-state index in [0.717, 1.165) is 11.5 Å². The van der Waals surface area contributed by atoms with Crippen molar-refractivity contribution in [2.24, 2.45) is 0 Å². The molecule has 0 N–H and O–H groups in total. The van der Waals surface area contributed by atoms with Gasteiger partial charge in [0.1, 0.15) is 23.2 Å². The van der Waals surface area contributed by atoms with Crippen molar-refractivity contribution in [3.05, 3.63) is 97.9 Å². The van der Waals surface area contributed by atoms with E-state index in [-0.39, 0.29) is 35.5 Å². The quantitative estimate of drug-likeness (QED) is 0.107. The molecule has 0 aliphatic heterocycles. The summed E-state index contributed by atoms with van der Waals surface area (Å²) in [5.41, 5.74) is 0. The number of halogens is 3. The van der Waals surface area contributed by atoms with Gasteiger partial charge in [0.2, 0.25) is 0 Å². The minimum atomic E-state index is -1.53. The Morgan fingerprint density at radius 2 is 0.906 bits per heavy atom. The van der Waals surface area contributed by atoms with Gasteiger partial charge in [0.15, 0.2) is 0 Å². The fourth-order valence-electron chi connectivity index (χ4n) is 3.04. The van der Waals surface area contributed by atoms with Crippen molar-refractivity contribution < 1.29 is 18.6 Å². The first-order valence-electron chi connectivity index (χ1n) is 10.6. The number of rotatable bonds is 5. The fraction of sp³-hybridized carbons (Fsp3) is 0.296. The molecule has 0 amide bonds. The van der Waals surface area contributed by atoms with Crippen LogP contribution < -0.4 is 15.9 Å². The molecule has 5 heteroatoms. The summed E-state index contributed by atoms with van der Waals surface area (Å²) in [6.07, 6.45) is 2.45. The number of benzene rings is 3. The molecule has 3 aromatic carbocycles. The Kier molecular flexibility index (Phi) is 28.3. The standard InChI is InChI=1S/C20H20P.C3H7I.C2H5Br.C2H5.BrH.V/c1-2-21(18-12-6-3-7-13-18,19-14-8-4-9-15-19)20-16-10-5-11-17-20;1-2-3-4;1-2-3;1-2;;/h3-17H,2H2,1H3;2-3H2,1H3;2H2,1H3;1H2,2H3;1H;/q+1;;;-1;;. The van der Waals surface area contributed by atoms with Crippen LogP contribution in [0, 0.1) is 6.92 Å². The molecule has 32 heavy (non-hydrogen) atoms. The molecule has 1 radical (unpaired) electrons. The van der Waals surface area contributed by atoms with E-state index in [4.69, 9.17) is 0 Å². The van der Waals surface area contributed by atoms with Gasteiger partial charge in [-0.2, -0.15) is 6.92 Å². The summed E-state index contributed by atoms with van der Waals surface area (Å²) in [6, 6.07) is 33.0. The maximum absolute atomic E-state index is 3.25. The molecule has 0 aliphatic rings. The zero-order valence-electron chi connectivity index (χ0n) is 19.8. The Balaban J connectivity index is -0.000000667. The topological polar surface area (TPSA) is 0 Å². The summed E-state index contributed by atoms with van der Waals surface area (Å²) in [7, 11) is -1.53. The van der Waals surface area contributed by atoms with Crippen molar-refractivity contribution in [1.29, 1.82) is 0 Å². The predicted octanol–water partition coefficient (Wildman–Crippen LogP) is 8.65. The van der Waals surface area contributed by atoms with Crippen molar-refractivity contribution in [1.82, 2.24) is 0 Å². The van der Waals surface area contributed by atoms with Crippen LogP contribution in [0.1, 0.15) is 34.1 Å². The molecule has 0 nitrogen and oxygen atoms in total. The minimum absolute atomic E-state index is 0. The zero-order chi connectivity index (χ0) is 22.7. The van der Waals surface area contributed by atoms with Crippen molar-refractivity contribution in [3.8, 4) is 0 Å². The Hall–Kier alpha value is 0.364. The van der Waals surface area contributed by atoms with Gasteiger partial charge >= 0.3 is 0 Å². The molecule has 0 saturated heterocycles. The van der Waals surface area contributed by atoms with E-state index in [2.05, 4.69) is 150 Å². The summed E-state index contributed by atoms with van der Waals surface area (Å²) in [6.45, 7) is 11.5. The van der Waals surface area contributed by atoms with Gasteiger partial charge < -0.3 is 6.92 Å². The smallest absolute Gasteiger partial charge is 0.111 e. The van der Waals surface area contributed by atoms with Crippen molar-refractivity contribution >= 4 is 78.7 Å². The molecule has 0 atom stereocenters. The van der Waals surface area contributed by atoms with Crippen LogP contribution in [0.15, 0.2) is 91.0 Å². The monoisotopic (exact) mass is 729 g/mol. The van der Waals surface area contributed by atoms with Gasteiger partial charge in [-0.3, -0.25) is 0 Å². The molecule has 177 valence electrons. The Morgan fingerprint density at radius 1 is 0.688 bits per heavy atom. The second-order valence-corrected chi connectivity index (χ2v) is 12.1. The summed E-state index contributed by atoms with van der Waals surface area (Å²) in [5.74, 6) is 0. The number of alkyl halides is 2. The molecule has 0 aromatic heterocycles. The van der Waals surface area contributed by atoms with Gasteiger partial charge in [-0.05, 0) is 54.2 Å². The molecule has 3 aromatic rings. The van der Waals surface area contributed by atoms with E-state index in [1.807, 2.05) is 6.92 Å². The fourth-order valence-corrected chi connectivity index (χ4v) is 7.08. The van der Waals surface area contributed by atoms with Crippen molar-refractivity contribution in [3.63, 3.8) is 0 Å². The van der Waals surface area contributed by atoms with Crippen LogP contribution >= 0.6 is 62.8 Å². The van der Waals surface area contributed by atoms with Crippen molar-refractivity contribution in [2.75, 3.05) is 15.9 Å². The van der Waals surface area contributed by atoms with Gasteiger partial charge in [0, 0.05) is 23.9 Å². The predicted molar refractivity (Wildman–Crippen MR) is 166 cm³/mol. The molecule has 0 spiro atoms. The first kappa shape index (κ1) is 36.9. The molecule has 0 bridgehead atoms. The summed E-state index contributed by atoms with van der Waals surface area (Å²) in [5, 5.41) is 5.45. The Bertz CT molecular complexity index is 645. The van der Waals surface area contributed by atoms with E-state index in [1.165, 1.54) is 26.8 Å². The maximum Gasteiger partial charge on any atom is 0.111 e. The Morgan fingerprint density at radius 3 is 1.06 bits per heavy atom. The van der Waals surface area contributed by atoms with E-state index >= 15 is 0 Å². The van der Waals surface area contributed by atoms with Crippen LogP contribution in [0.25, 0.3) is 0 Å². The van der Waals surface area contributed by atoms with E-state index in [9.17, 15) is 0 Å². The average molecular weight is 731 g/mol. The van der Waals surface area contributed by atoms with Crippen LogP contribution in [-0.4, -0.2) is 15.9 Å². The largest absolute Gasteiger partial charge is 0.346 e. The summed E-state index contributed by atoms with van der Waals surface area (Å²) in [4.78, 5) is 0. The van der Waals surface area contributed by atoms with Crippen LogP contribution in [0.3, 0.4) is 0 Å². The molecule has 0 unspecified atom stereocenters. The second-order valence-electron chi connectivity index (χ2n) is 6.09. The van der Waals surface area contributed by atoms with Gasteiger partial charge in [-0.25, -0.2) is 0 Å². The SMILES string of the molecule is Br.CCBr.CCCI.CC[P+](c1ccccc1)(c1ccccc1)c1ccccc1.[CH2-]C.[V]. The normalized spacial score (nSPS) is 9.09. The molecule has 3 rings (SSSR count).